The Bertz CT molecular complexity index is 391. The van der Waals surface area contributed by atoms with Gasteiger partial charge in [0, 0.05) is 12.1 Å². The highest BCUT2D eigenvalue weighted by Gasteiger charge is 2.17. The van der Waals surface area contributed by atoms with Crippen LogP contribution in [0.5, 0.6) is 17.2 Å². The molecule has 0 aliphatic heterocycles. The molecule has 1 rings (SSSR count). The van der Waals surface area contributed by atoms with E-state index in [9.17, 15) is 5.11 Å². The van der Waals surface area contributed by atoms with Crippen LogP contribution >= 0.6 is 0 Å². The van der Waals surface area contributed by atoms with Crippen molar-refractivity contribution in [3.8, 4) is 17.2 Å². The van der Waals surface area contributed by atoms with Crippen molar-refractivity contribution in [2.75, 3.05) is 14.2 Å². The molecule has 19 heavy (non-hydrogen) atoms. The second kappa shape index (κ2) is 6.66. The third kappa shape index (κ3) is 4.31. The maximum absolute atomic E-state index is 9.86. The van der Waals surface area contributed by atoms with Crippen LogP contribution in [0.25, 0.3) is 0 Å². The first-order chi connectivity index (χ1) is 8.93. The zero-order chi connectivity index (χ0) is 14.5. The number of methoxy groups -OCH3 is 2. The largest absolute Gasteiger partial charge is 0.502 e. The van der Waals surface area contributed by atoms with Gasteiger partial charge in [-0.2, -0.15) is 0 Å². The van der Waals surface area contributed by atoms with Gasteiger partial charge >= 0.3 is 0 Å². The van der Waals surface area contributed by atoms with E-state index in [1.807, 2.05) is 12.1 Å². The van der Waals surface area contributed by atoms with E-state index in [1.54, 1.807) is 0 Å². The third-order valence-electron chi connectivity index (χ3n) is 3.19. The molecule has 0 saturated heterocycles. The lowest BCUT2D eigenvalue weighted by atomic mass is 9.98. The summed E-state index contributed by atoms with van der Waals surface area (Å²) in [5, 5.41) is 13.4. The van der Waals surface area contributed by atoms with Crippen molar-refractivity contribution >= 4 is 0 Å². The van der Waals surface area contributed by atoms with Gasteiger partial charge in [-0.15, -0.1) is 0 Å². The average molecular weight is 267 g/mol. The molecule has 0 heterocycles. The lowest BCUT2D eigenvalue weighted by molar-refractivity contribution is 0.335. The monoisotopic (exact) mass is 267 g/mol. The fourth-order valence-corrected chi connectivity index (χ4v) is 2.10. The molecule has 0 amide bonds. The minimum absolute atomic E-state index is 0.0431. The topological polar surface area (TPSA) is 50.7 Å². The predicted octanol–water partition coefficient (Wildman–Crippen LogP) is 3.08. The number of ether oxygens (including phenoxy) is 2. The molecule has 0 saturated carbocycles. The summed E-state index contributed by atoms with van der Waals surface area (Å²) < 4.78 is 10.3. The van der Waals surface area contributed by atoms with Gasteiger partial charge in [0.25, 0.3) is 0 Å². The highest BCUT2D eigenvalue weighted by molar-refractivity contribution is 5.52. The number of phenols is 1. The van der Waals surface area contributed by atoms with Crippen molar-refractivity contribution in [3.05, 3.63) is 17.7 Å². The second-order valence-corrected chi connectivity index (χ2v) is 5.34. The van der Waals surface area contributed by atoms with E-state index in [2.05, 4.69) is 26.1 Å². The van der Waals surface area contributed by atoms with Gasteiger partial charge in [-0.25, -0.2) is 0 Å². The molecule has 0 unspecified atom stereocenters. The van der Waals surface area contributed by atoms with E-state index in [-0.39, 0.29) is 11.3 Å². The van der Waals surface area contributed by atoms with Crippen LogP contribution in [0.15, 0.2) is 12.1 Å². The first kappa shape index (κ1) is 15.6. The molecule has 0 atom stereocenters. The van der Waals surface area contributed by atoms with E-state index in [4.69, 9.17) is 9.47 Å². The van der Waals surface area contributed by atoms with Crippen LogP contribution in [-0.4, -0.2) is 24.9 Å². The molecule has 4 nitrogen and oxygen atoms in total. The van der Waals surface area contributed by atoms with Crippen LogP contribution in [0.1, 0.15) is 39.2 Å². The molecule has 0 aliphatic rings. The summed E-state index contributed by atoms with van der Waals surface area (Å²) >= 11 is 0. The van der Waals surface area contributed by atoms with Crippen molar-refractivity contribution in [3.63, 3.8) is 0 Å². The van der Waals surface area contributed by atoms with Crippen LogP contribution < -0.4 is 14.8 Å². The van der Waals surface area contributed by atoms with Crippen LogP contribution in [-0.2, 0) is 6.54 Å². The number of hydrogen-bond donors (Lipinski definition) is 2. The van der Waals surface area contributed by atoms with Crippen LogP contribution in [0.4, 0.5) is 0 Å². The van der Waals surface area contributed by atoms with Crippen molar-refractivity contribution in [2.45, 2.75) is 45.7 Å². The van der Waals surface area contributed by atoms with Gasteiger partial charge in [0.1, 0.15) is 0 Å². The molecule has 4 heteroatoms. The Morgan fingerprint density at radius 2 is 1.68 bits per heavy atom. The number of nitrogens with one attached hydrogen (secondary N) is 1. The molecular weight excluding hydrogens is 242 g/mol. The van der Waals surface area contributed by atoms with E-state index in [1.165, 1.54) is 14.2 Å². The molecule has 0 spiro atoms. The minimum atomic E-state index is 0.0431. The lowest BCUT2D eigenvalue weighted by Gasteiger charge is -2.26. The summed E-state index contributed by atoms with van der Waals surface area (Å²) in [6.07, 6.45) is 2.25. The maximum Gasteiger partial charge on any atom is 0.200 e. The Morgan fingerprint density at radius 3 is 2.11 bits per heavy atom. The summed E-state index contributed by atoms with van der Waals surface area (Å²) in [6.45, 7) is 7.26. The first-order valence-electron chi connectivity index (χ1n) is 6.62. The Balaban J connectivity index is 2.84. The molecule has 0 radical (unpaired) electrons. The predicted molar refractivity (Wildman–Crippen MR) is 77.0 cm³/mol. The summed E-state index contributed by atoms with van der Waals surface area (Å²) in [7, 11) is 3.07. The van der Waals surface area contributed by atoms with Crippen molar-refractivity contribution in [2.24, 2.45) is 0 Å². The van der Waals surface area contributed by atoms with Crippen molar-refractivity contribution in [1.29, 1.82) is 0 Å². The minimum Gasteiger partial charge on any atom is -0.502 e. The maximum atomic E-state index is 9.86. The molecular formula is C15H25NO3. The van der Waals surface area contributed by atoms with Gasteiger partial charge in [-0.05, 0) is 38.0 Å². The van der Waals surface area contributed by atoms with Gasteiger partial charge in [-0.3, -0.25) is 0 Å². The van der Waals surface area contributed by atoms with Gasteiger partial charge in [-0.1, -0.05) is 13.3 Å². The molecule has 108 valence electrons. The smallest absolute Gasteiger partial charge is 0.200 e. The highest BCUT2D eigenvalue weighted by Crippen LogP contribution is 2.37. The lowest BCUT2D eigenvalue weighted by Crippen LogP contribution is -2.38. The average Bonchev–Trinajstić information content (AvgIpc) is 2.37. The second-order valence-electron chi connectivity index (χ2n) is 5.34. The SMILES string of the molecule is CCCC(C)(C)NCc1cc(OC)c(O)c(OC)c1. The summed E-state index contributed by atoms with van der Waals surface area (Å²) in [5.41, 5.74) is 1.11. The molecule has 0 fully saturated rings. The van der Waals surface area contributed by atoms with E-state index < -0.39 is 0 Å². The van der Waals surface area contributed by atoms with E-state index in [0.717, 1.165) is 18.4 Å². The normalized spacial score (nSPS) is 11.4. The Hall–Kier alpha value is -1.42. The summed E-state index contributed by atoms with van der Waals surface area (Å²) in [5.74, 6) is 0.912. The first-order valence-corrected chi connectivity index (χ1v) is 6.62. The Morgan fingerprint density at radius 1 is 1.16 bits per heavy atom. The van der Waals surface area contributed by atoms with Gasteiger partial charge < -0.3 is 19.9 Å². The zero-order valence-corrected chi connectivity index (χ0v) is 12.5. The van der Waals surface area contributed by atoms with Crippen LogP contribution in [0, 0.1) is 0 Å². The zero-order valence-electron chi connectivity index (χ0n) is 12.5. The number of aromatic hydroxyl groups is 1. The fourth-order valence-electron chi connectivity index (χ4n) is 2.10. The van der Waals surface area contributed by atoms with Crippen molar-refractivity contribution in [1.82, 2.24) is 5.32 Å². The standard InChI is InChI=1S/C15H25NO3/c1-6-7-15(2,3)16-10-11-8-12(18-4)14(17)13(9-11)19-5/h8-9,16-17H,6-7,10H2,1-5H3. The molecule has 2 N–H and O–H groups in total. The Labute approximate surface area is 115 Å². The molecule has 0 aromatic heterocycles. The number of hydrogen-bond acceptors (Lipinski definition) is 4. The summed E-state index contributed by atoms with van der Waals surface area (Å²) in [6, 6.07) is 3.65. The van der Waals surface area contributed by atoms with E-state index >= 15 is 0 Å². The molecule has 1 aromatic carbocycles. The molecule has 1 aromatic rings. The number of rotatable bonds is 7. The number of benzene rings is 1. The van der Waals surface area contributed by atoms with Crippen molar-refractivity contribution < 1.29 is 14.6 Å². The Kier molecular flexibility index (Phi) is 5.48. The highest BCUT2D eigenvalue weighted by atomic mass is 16.5. The van der Waals surface area contributed by atoms with Crippen LogP contribution in [0.2, 0.25) is 0 Å². The molecule has 0 aliphatic carbocycles. The van der Waals surface area contributed by atoms with E-state index in [0.29, 0.717) is 18.0 Å². The van der Waals surface area contributed by atoms with Gasteiger partial charge in [0.15, 0.2) is 11.5 Å². The van der Waals surface area contributed by atoms with Gasteiger partial charge in [0.2, 0.25) is 5.75 Å². The molecule has 0 bridgehead atoms. The summed E-state index contributed by atoms with van der Waals surface area (Å²) in [4.78, 5) is 0. The quantitative estimate of drug-likeness (QED) is 0.797. The fraction of sp³-hybridized carbons (Fsp3) is 0.600. The third-order valence-corrected chi connectivity index (χ3v) is 3.19. The van der Waals surface area contributed by atoms with Gasteiger partial charge in [0.05, 0.1) is 14.2 Å². The van der Waals surface area contributed by atoms with Crippen LogP contribution in [0.3, 0.4) is 0 Å². The number of phenolic OH excluding ortho intramolecular Hbond substituents is 1.